The van der Waals surface area contributed by atoms with Crippen LogP contribution in [-0.4, -0.2) is 33.8 Å². The number of aromatic nitrogens is 4. The van der Waals surface area contributed by atoms with E-state index in [1.54, 1.807) is 19.6 Å². The van der Waals surface area contributed by atoms with Crippen LogP contribution in [0.5, 0.6) is 0 Å². The number of hydrogen-bond donors (Lipinski definition) is 2. The summed E-state index contributed by atoms with van der Waals surface area (Å²) >= 11 is 0. The second-order valence-electron chi connectivity index (χ2n) is 3.68. The largest absolute Gasteiger partial charge is 0.384 e. The van der Waals surface area contributed by atoms with Crippen molar-refractivity contribution >= 4 is 0 Å². The zero-order chi connectivity index (χ0) is 12.1. The van der Waals surface area contributed by atoms with Crippen LogP contribution in [-0.2, 0) is 17.6 Å². The zero-order valence-electron chi connectivity index (χ0n) is 9.59. The molecule has 0 radical (unpaired) electrons. The number of methoxy groups -OCH3 is 1. The third-order valence-electron chi connectivity index (χ3n) is 2.33. The number of nitrogens with two attached hydrogens (primary N) is 1. The topological polar surface area (TPSA) is 103 Å². The average molecular weight is 237 g/mol. The third-order valence-corrected chi connectivity index (χ3v) is 2.33. The first-order chi connectivity index (χ1) is 8.29. The quantitative estimate of drug-likeness (QED) is 0.745. The van der Waals surface area contributed by atoms with E-state index in [4.69, 9.17) is 15.0 Å². The lowest BCUT2D eigenvalue weighted by atomic mass is 10.2. The maximum atomic E-state index is 5.95. The number of ether oxygens (including phenoxy) is 1. The lowest BCUT2D eigenvalue weighted by Crippen LogP contribution is -2.14. The van der Waals surface area contributed by atoms with Crippen LogP contribution < -0.4 is 5.73 Å². The standard InChI is InChI=1S/C10H15N5O2/c1-16-3-2-9-14-10(17-15-9)8(11)4-7-5-12-6-13-7/h5-6,8H,2-4,11H2,1H3,(H,12,13)/t8-/m0/s1. The van der Waals surface area contributed by atoms with E-state index >= 15 is 0 Å². The highest BCUT2D eigenvalue weighted by Crippen LogP contribution is 2.12. The van der Waals surface area contributed by atoms with Crippen LogP contribution in [0.1, 0.15) is 23.5 Å². The molecule has 0 saturated heterocycles. The van der Waals surface area contributed by atoms with E-state index in [0.29, 0.717) is 31.2 Å². The first-order valence-electron chi connectivity index (χ1n) is 5.34. The molecule has 0 spiro atoms. The van der Waals surface area contributed by atoms with Crippen molar-refractivity contribution in [1.29, 1.82) is 0 Å². The van der Waals surface area contributed by atoms with Crippen molar-refractivity contribution in [3.8, 4) is 0 Å². The molecule has 3 N–H and O–H groups in total. The maximum absolute atomic E-state index is 5.95. The van der Waals surface area contributed by atoms with Gasteiger partial charge < -0.3 is 20.0 Å². The number of imidazole rings is 1. The molecule has 2 heterocycles. The molecule has 7 heteroatoms. The molecule has 0 aliphatic rings. The lowest BCUT2D eigenvalue weighted by molar-refractivity contribution is 0.199. The zero-order valence-corrected chi connectivity index (χ0v) is 9.59. The van der Waals surface area contributed by atoms with Crippen LogP contribution in [0.25, 0.3) is 0 Å². The number of rotatable bonds is 6. The molecule has 2 aromatic rings. The van der Waals surface area contributed by atoms with Crippen molar-refractivity contribution in [1.82, 2.24) is 20.1 Å². The number of nitrogens with zero attached hydrogens (tertiary/aromatic N) is 3. The molecule has 92 valence electrons. The van der Waals surface area contributed by atoms with Gasteiger partial charge in [-0.25, -0.2) is 4.98 Å². The highest BCUT2D eigenvalue weighted by Gasteiger charge is 2.15. The van der Waals surface area contributed by atoms with Crippen LogP contribution in [0, 0.1) is 0 Å². The first kappa shape index (κ1) is 11.7. The van der Waals surface area contributed by atoms with Gasteiger partial charge >= 0.3 is 0 Å². The van der Waals surface area contributed by atoms with Gasteiger partial charge in [0.15, 0.2) is 5.82 Å². The van der Waals surface area contributed by atoms with Crippen LogP contribution in [0.15, 0.2) is 17.0 Å². The van der Waals surface area contributed by atoms with Crippen molar-refractivity contribution in [3.63, 3.8) is 0 Å². The highest BCUT2D eigenvalue weighted by atomic mass is 16.5. The maximum Gasteiger partial charge on any atom is 0.243 e. The summed E-state index contributed by atoms with van der Waals surface area (Å²) in [7, 11) is 1.63. The van der Waals surface area contributed by atoms with Gasteiger partial charge in [-0.1, -0.05) is 5.16 Å². The van der Waals surface area contributed by atoms with Crippen molar-refractivity contribution in [2.45, 2.75) is 18.9 Å². The lowest BCUT2D eigenvalue weighted by Gasteiger charge is -2.03. The van der Waals surface area contributed by atoms with E-state index in [-0.39, 0.29) is 6.04 Å². The van der Waals surface area contributed by atoms with Crippen molar-refractivity contribution < 1.29 is 9.26 Å². The number of H-pyrrole nitrogens is 1. The Balaban J connectivity index is 1.94. The first-order valence-corrected chi connectivity index (χ1v) is 5.34. The molecule has 2 rings (SSSR count). The van der Waals surface area contributed by atoms with Crippen LogP contribution in [0.2, 0.25) is 0 Å². The van der Waals surface area contributed by atoms with Crippen molar-refractivity contribution in [2.24, 2.45) is 5.73 Å². The van der Waals surface area contributed by atoms with E-state index < -0.39 is 0 Å². The van der Waals surface area contributed by atoms with E-state index in [9.17, 15) is 0 Å². The molecule has 7 nitrogen and oxygen atoms in total. The average Bonchev–Trinajstić information content (AvgIpc) is 2.96. The Labute approximate surface area is 98.4 Å². The molecule has 17 heavy (non-hydrogen) atoms. The van der Waals surface area contributed by atoms with Gasteiger partial charge in [0.1, 0.15) is 0 Å². The Bertz CT molecular complexity index is 439. The molecule has 0 aromatic carbocycles. The van der Waals surface area contributed by atoms with Crippen LogP contribution in [0.4, 0.5) is 0 Å². The molecule has 0 aliphatic heterocycles. The van der Waals surface area contributed by atoms with Gasteiger partial charge in [0, 0.05) is 31.8 Å². The Morgan fingerprint density at radius 2 is 2.47 bits per heavy atom. The minimum Gasteiger partial charge on any atom is -0.384 e. The SMILES string of the molecule is COCCc1noc([C@@H](N)Cc2cnc[nH]2)n1. The van der Waals surface area contributed by atoms with E-state index in [1.807, 2.05) is 0 Å². The van der Waals surface area contributed by atoms with Gasteiger partial charge in [0.2, 0.25) is 5.89 Å². The summed E-state index contributed by atoms with van der Waals surface area (Å²) in [4.78, 5) is 11.1. The molecule has 2 aromatic heterocycles. The Kier molecular flexibility index (Phi) is 3.84. The highest BCUT2D eigenvalue weighted by molar-refractivity contribution is 5.02. The molecular formula is C10H15N5O2. The monoisotopic (exact) mass is 237 g/mol. The molecule has 0 saturated carbocycles. The minimum absolute atomic E-state index is 0.320. The summed E-state index contributed by atoms with van der Waals surface area (Å²) in [6, 6.07) is -0.320. The van der Waals surface area contributed by atoms with E-state index in [1.165, 1.54) is 0 Å². The summed E-state index contributed by atoms with van der Waals surface area (Å²) in [5.74, 6) is 1.05. The van der Waals surface area contributed by atoms with Crippen molar-refractivity contribution in [3.05, 3.63) is 29.9 Å². The molecule has 0 bridgehead atoms. The fourth-order valence-corrected chi connectivity index (χ4v) is 1.43. The minimum atomic E-state index is -0.320. The molecule has 0 fully saturated rings. The smallest absolute Gasteiger partial charge is 0.243 e. The number of nitrogens with one attached hydrogen (secondary N) is 1. The summed E-state index contributed by atoms with van der Waals surface area (Å²) in [5.41, 5.74) is 6.89. The predicted octanol–water partition coefficient (Wildman–Crippen LogP) is 0.224. The molecular weight excluding hydrogens is 222 g/mol. The second kappa shape index (κ2) is 5.55. The van der Waals surface area contributed by atoms with Gasteiger partial charge in [0.25, 0.3) is 0 Å². The Morgan fingerprint density at radius 3 is 3.18 bits per heavy atom. The molecule has 1 atom stereocenters. The van der Waals surface area contributed by atoms with Gasteiger partial charge in [-0.15, -0.1) is 0 Å². The summed E-state index contributed by atoms with van der Waals surface area (Å²) in [6.07, 6.45) is 4.55. The van der Waals surface area contributed by atoms with Crippen LogP contribution in [0.3, 0.4) is 0 Å². The van der Waals surface area contributed by atoms with Gasteiger partial charge in [0.05, 0.1) is 19.0 Å². The second-order valence-corrected chi connectivity index (χ2v) is 3.68. The summed E-state index contributed by atoms with van der Waals surface area (Å²) in [5, 5.41) is 3.83. The fourth-order valence-electron chi connectivity index (χ4n) is 1.43. The normalized spacial score (nSPS) is 12.8. The van der Waals surface area contributed by atoms with Crippen molar-refractivity contribution in [2.75, 3.05) is 13.7 Å². The fraction of sp³-hybridized carbons (Fsp3) is 0.500. The predicted molar refractivity (Wildman–Crippen MR) is 59.1 cm³/mol. The van der Waals surface area contributed by atoms with Gasteiger partial charge in [-0.2, -0.15) is 4.98 Å². The number of hydrogen-bond acceptors (Lipinski definition) is 6. The molecule has 0 amide bonds. The summed E-state index contributed by atoms with van der Waals surface area (Å²) < 4.78 is 10.0. The third kappa shape index (κ3) is 3.11. The Morgan fingerprint density at radius 1 is 1.59 bits per heavy atom. The van der Waals surface area contributed by atoms with E-state index in [2.05, 4.69) is 20.1 Å². The summed E-state index contributed by atoms with van der Waals surface area (Å²) in [6.45, 7) is 0.564. The molecule has 0 aliphatic carbocycles. The molecule has 0 unspecified atom stereocenters. The van der Waals surface area contributed by atoms with Gasteiger partial charge in [-0.3, -0.25) is 0 Å². The number of aromatic amines is 1. The Hall–Kier alpha value is -1.73. The van der Waals surface area contributed by atoms with Crippen LogP contribution >= 0.6 is 0 Å². The van der Waals surface area contributed by atoms with E-state index in [0.717, 1.165) is 5.69 Å². The van der Waals surface area contributed by atoms with Gasteiger partial charge in [-0.05, 0) is 0 Å².